The molecule has 0 unspecified atom stereocenters. The molecule has 0 aliphatic rings. The molecule has 0 saturated carbocycles. The lowest BCUT2D eigenvalue weighted by Gasteiger charge is -2.09. The number of ketones is 1. The average Bonchev–Trinajstić information content (AvgIpc) is 2.47. The number of rotatable bonds is 5. The highest BCUT2D eigenvalue weighted by Crippen LogP contribution is 2.25. The van der Waals surface area contributed by atoms with Crippen molar-refractivity contribution in [1.82, 2.24) is 0 Å². The molecule has 2 aromatic carbocycles. The standard InChI is InChI=1S/C16H14ClFO3/c1-20-15-6-4-12(17)7-11(15)9-14(19)10-3-5-16(21-2)13(18)8-10/h3-8H,9H2,1-2H3. The van der Waals surface area contributed by atoms with Gasteiger partial charge in [-0.2, -0.15) is 0 Å². The van der Waals surface area contributed by atoms with E-state index >= 15 is 0 Å². The fourth-order valence-electron chi connectivity index (χ4n) is 2.00. The number of carbonyl (C=O) groups is 1. The van der Waals surface area contributed by atoms with E-state index < -0.39 is 5.82 Å². The summed E-state index contributed by atoms with van der Waals surface area (Å²) in [6.07, 6.45) is 0.0789. The molecule has 5 heteroatoms. The van der Waals surface area contributed by atoms with Gasteiger partial charge >= 0.3 is 0 Å². The Hall–Kier alpha value is -2.07. The minimum Gasteiger partial charge on any atom is -0.496 e. The van der Waals surface area contributed by atoms with E-state index in [9.17, 15) is 9.18 Å². The Morgan fingerprint density at radius 1 is 1.10 bits per heavy atom. The van der Waals surface area contributed by atoms with Gasteiger partial charge in [-0.1, -0.05) is 11.6 Å². The van der Waals surface area contributed by atoms with Crippen LogP contribution in [-0.4, -0.2) is 20.0 Å². The molecule has 0 saturated heterocycles. The van der Waals surface area contributed by atoms with Crippen molar-refractivity contribution < 1.29 is 18.7 Å². The average molecular weight is 309 g/mol. The Balaban J connectivity index is 2.26. The van der Waals surface area contributed by atoms with Gasteiger partial charge in [-0.15, -0.1) is 0 Å². The van der Waals surface area contributed by atoms with Gasteiger partial charge < -0.3 is 9.47 Å². The van der Waals surface area contributed by atoms with E-state index in [-0.39, 0.29) is 23.5 Å². The summed E-state index contributed by atoms with van der Waals surface area (Å²) in [5.41, 5.74) is 0.932. The van der Waals surface area contributed by atoms with Crippen LogP contribution in [0.2, 0.25) is 5.02 Å². The van der Waals surface area contributed by atoms with E-state index in [0.717, 1.165) is 6.07 Å². The first kappa shape index (κ1) is 15.3. The molecule has 0 spiro atoms. The van der Waals surface area contributed by atoms with Crippen LogP contribution in [0.3, 0.4) is 0 Å². The summed E-state index contributed by atoms with van der Waals surface area (Å²) in [6, 6.07) is 9.16. The van der Waals surface area contributed by atoms with Crippen molar-refractivity contribution >= 4 is 17.4 Å². The first-order valence-electron chi connectivity index (χ1n) is 6.24. The molecule has 0 atom stereocenters. The third-order valence-corrected chi connectivity index (χ3v) is 3.30. The molecule has 0 radical (unpaired) electrons. The van der Waals surface area contributed by atoms with E-state index in [1.54, 1.807) is 18.2 Å². The maximum atomic E-state index is 13.6. The van der Waals surface area contributed by atoms with E-state index in [2.05, 4.69) is 0 Å². The number of methoxy groups -OCH3 is 2. The molecular formula is C16H14ClFO3. The molecule has 0 heterocycles. The van der Waals surface area contributed by atoms with Crippen LogP contribution < -0.4 is 9.47 Å². The van der Waals surface area contributed by atoms with E-state index in [0.29, 0.717) is 16.3 Å². The van der Waals surface area contributed by atoms with Gasteiger partial charge in [0.15, 0.2) is 17.3 Å². The molecule has 3 nitrogen and oxygen atoms in total. The molecule has 0 aromatic heterocycles. The SMILES string of the molecule is COc1ccc(C(=O)Cc2cc(Cl)ccc2OC)cc1F. The minimum absolute atomic E-state index is 0.0789. The molecule has 110 valence electrons. The molecule has 0 aliphatic carbocycles. The van der Waals surface area contributed by atoms with Gasteiger partial charge in [-0.25, -0.2) is 4.39 Å². The monoisotopic (exact) mass is 308 g/mol. The lowest BCUT2D eigenvalue weighted by Crippen LogP contribution is -2.06. The zero-order chi connectivity index (χ0) is 15.4. The molecule has 0 amide bonds. The van der Waals surface area contributed by atoms with Crippen molar-refractivity contribution in [2.45, 2.75) is 6.42 Å². The van der Waals surface area contributed by atoms with Crippen LogP contribution in [0.25, 0.3) is 0 Å². The van der Waals surface area contributed by atoms with Crippen LogP contribution in [0.5, 0.6) is 11.5 Å². The summed E-state index contributed by atoms with van der Waals surface area (Å²) >= 11 is 5.92. The Morgan fingerprint density at radius 2 is 1.76 bits per heavy atom. The summed E-state index contributed by atoms with van der Waals surface area (Å²) in [4.78, 5) is 12.2. The topological polar surface area (TPSA) is 35.5 Å². The summed E-state index contributed by atoms with van der Waals surface area (Å²) in [7, 11) is 2.89. The number of Topliss-reactive ketones (excluding diaryl/α,β-unsaturated/α-hetero) is 1. The summed E-state index contributed by atoms with van der Waals surface area (Å²) in [6.45, 7) is 0. The van der Waals surface area contributed by atoms with Crippen molar-refractivity contribution in [2.75, 3.05) is 14.2 Å². The van der Waals surface area contributed by atoms with Crippen LogP contribution >= 0.6 is 11.6 Å². The van der Waals surface area contributed by atoms with Gasteiger partial charge in [0.1, 0.15) is 5.75 Å². The maximum absolute atomic E-state index is 13.6. The molecule has 21 heavy (non-hydrogen) atoms. The van der Waals surface area contributed by atoms with E-state index in [1.165, 1.54) is 26.4 Å². The number of hydrogen-bond acceptors (Lipinski definition) is 3. The van der Waals surface area contributed by atoms with E-state index in [4.69, 9.17) is 21.1 Å². The van der Waals surface area contributed by atoms with Crippen molar-refractivity contribution in [3.8, 4) is 11.5 Å². The summed E-state index contributed by atoms with van der Waals surface area (Å²) in [5, 5.41) is 0.513. The zero-order valence-electron chi connectivity index (χ0n) is 11.7. The van der Waals surface area contributed by atoms with Gasteiger partial charge in [0.25, 0.3) is 0 Å². The lowest BCUT2D eigenvalue weighted by molar-refractivity contribution is 0.0991. The van der Waals surface area contributed by atoms with Crippen LogP contribution in [0.15, 0.2) is 36.4 Å². The second kappa shape index (κ2) is 6.59. The van der Waals surface area contributed by atoms with Crippen molar-refractivity contribution in [1.29, 1.82) is 0 Å². The third kappa shape index (κ3) is 3.52. The normalized spacial score (nSPS) is 10.3. The largest absolute Gasteiger partial charge is 0.496 e. The van der Waals surface area contributed by atoms with Crippen molar-refractivity contribution in [3.05, 3.63) is 58.4 Å². The van der Waals surface area contributed by atoms with Gasteiger partial charge in [0.2, 0.25) is 0 Å². The molecule has 0 aliphatic heterocycles. The number of carbonyl (C=O) groups excluding carboxylic acids is 1. The molecule has 2 aromatic rings. The molecule has 0 fully saturated rings. The minimum atomic E-state index is -0.568. The molecular weight excluding hydrogens is 295 g/mol. The summed E-state index contributed by atoms with van der Waals surface area (Å²) < 4.78 is 23.7. The first-order valence-corrected chi connectivity index (χ1v) is 6.62. The molecule has 0 bridgehead atoms. The Labute approximate surface area is 127 Å². The number of hydrogen-bond donors (Lipinski definition) is 0. The zero-order valence-corrected chi connectivity index (χ0v) is 12.4. The van der Waals surface area contributed by atoms with E-state index in [1.807, 2.05) is 0 Å². The quantitative estimate of drug-likeness (QED) is 0.785. The predicted octanol–water partition coefficient (Wildman–Crippen LogP) is 3.92. The number of halogens is 2. The molecule has 2 rings (SSSR count). The second-order valence-electron chi connectivity index (χ2n) is 4.41. The second-order valence-corrected chi connectivity index (χ2v) is 4.84. The third-order valence-electron chi connectivity index (χ3n) is 3.07. The highest BCUT2D eigenvalue weighted by atomic mass is 35.5. The predicted molar refractivity (Wildman–Crippen MR) is 79.0 cm³/mol. The lowest BCUT2D eigenvalue weighted by atomic mass is 10.0. The van der Waals surface area contributed by atoms with Gasteiger partial charge in [-0.05, 0) is 36.4 Å². The first-order chi connectivity index (χ1) is 10.0. The van der Waals surface area contributed by atoms with Gasteiger partial charge in [-0.3, -0.25) is 4.79 Å². The molecule has 0 N–H and O–H groups in total. The number of benzene rings is 2. The van der Waals surface area contributed by atoms with Crippen LogP contribution in [0, 0.1) is 5.82 Å². The van der Waals surface area contributed by atoms with Crippen molar-refractivity contribution in [3.63, 3.8) is 0 Å². The number of ether oxygens (including phenoxy) is 2. The van der Waals surface area contributed by atoms with Gasteiger partial charge in [0, 0.05) is 22.6 Å². The highest BCUT2D eigenvalue weighted by Gasteiger charge is 2.14. The fourth-order valence-corrected chi connectivity index (χ4v) is 2.19. The van der Waals surface area contributed by atoms with Crippen LogP contribution in [0.4, 0.5) is 4.39 Å². The Bertz CT molecular complexity index is 671. The van der Waals surface area contributed by atoms with Crippen LogP contribution in [0.1, 0.15) is 15.9 Å². The summed E-state index contributed by atoms with van der Waals surface area (Å²) in [5.74, 6) is -0.118. The Morgan fingerprint density at radius 3 is 2.38 bits per heavy atom. The maximum Gasteiger partial charge on any atom is 0.167 e. The Kier molecular flexibility index (Phi) is 4.81. The van der Waals surface area contributed by atoms with Crippen LogP contribution in [-0.2, 0) is 6.42 Å². The van der Waals surface area contributed by atoms with Gasteiger partial charge in [0.05, 0.1) is 14.2 Å². The smallest absolute Gasteiger partial charge is 0.167 e. The van der Waals surface area contributed by atoms with Crippen molar-refractivity contribution in [2.24, 2.45) is 0 Å². The fraction of sp³-hybridized carbons (Fsp3) is 0.188. The highest BCUT2D eigenvalue weighted by molar-refractivity contribution is 6.30.